The van der Waals surface area contributed by atoms with Crippen LogP contribution in [0.1, 0.15) is 26.3 Å². The topological polar surface area (TPSA) is 69.1 Å². The fourth-order valence-electron chi connectivity index (χ4n) is 3.06. The molecule has 6 heteroatoms. The minimum atomic E-state index is -0.450. The lowest BCUT2D eigenvalue weighted by molar-refractivity contribution is -0.00684. The van der Waals surface area contributed by atoms with E-state index in [-0.39, 0.29) is 5.54 Å². The predicted molar refractivity (Wildman–Crippen MR) is 107 cm³/mol. The van der Waals surface area contributed by atoms with Crippen molar-refractivity contribution in [2.24, 2.45) is 4.99 Å². The minimum absolute atomic E-state index is 0.0191. The summed E-state index contributed by atoms with van der Waals surface area (Å²) in [6, 6.07) is 10.0. The number of aliphatic hydroxyl groups excluding tert-OH is 1. The van der Waals surface area contributed by atoms with Crippen LogP contribution in [0.4, 0.5) is 0 Å². The number of nitrogens with one attached hydrogen (secondary N) is 2. The number of guanidine groups is 1. The number of aliphatic imine (C=N–C) groups is 1. The highest BCUT2D eigenvalue weighted by Gasteiger charge is 2.28. The van der Waals surface area contributed by atoms with Crippen LogP contribution in [0.15, 0.2) is 35.3 Å². The largest absolute Gasteiger partial charge is 0.391 e. The molecular weight excluding hydrogens is 328 g/mol. The van der Waals surface area contributed by atoms with Crippen molar-refractivity contribution in [1.29, 1.82) is 0 Å². The molecule has 1 aliphatic heterocycles. The average Bonchev–Trinajstić information content (AvgIpc) is 2.65. The zero-order valence-electron chi connectivity index (χ0n) is 16.4. The number of hydrogen-bond donors (Lipinski definition) is 3. The normalized spacial score (nSPS) is 17.8. The molecular formula is C20H34N4O2. The van der Waals surface area contributed by atoms with Crippen LogP contribution in [0.5, 0.6) is 0 Å². The summed E-state index contributed by atoms with van der Waals surface area (Å²) >= 11 is 0. The fraction of sp³-hybridized carbons (Fsp3) is 0.650. The summed E-state index contributed by atoms with van der Waals surface area (Å²) in [7, 11) is 0. The lowest BCUT2D eigenvalue weighted by Crippen LogP contribution is -2.52. The highest BCUT2D eigenvalue weighted by atomic mass is 16.5. The quantitative estimate of drug-likeness (QED) is 0.480. The Morgan fingerprint density at radius 3 is 2.58 bits per heavy atom. The van der Waals surface area contributed by atoms with Gasteiger partial charge in [0.1, 0.15) is 0 Å². The van der Waals surface area contributed by atoms with Gasteiger partial charge in [-0.15, -0.1) is 0 Å². The lowest BCUT2D eigenvalue weighted by atomic mass is 10.0. The minimum Gasteiger partial charge on any atom is -0.391 e. The van der Waals surface area contributed by atoms with Crippen molar-refractivity contribution in [3.8, 4) is 0 Å². The van der Waals surface area contributed by atoms with Crippen LogP contribution < -0.4 is 10.6 Å². The van der Waals surface area contributed by atoms with Gasteiger partial charge in [-0.3, -0.25) is 9.89 Å². The van der Waals surface area contributed by atoms with Crippen LogP contribution in [0.3, 0.4) is 0 Å². The second-order valence-corrected chi connectivity index (χ2v) is 7.33. The predicted octanol–water partition coefficient (Wildman–Crippen LogP) is 1.26. The van der Waals surface area contributed by atoms with Gasteiger partial charge in [0.2, 0.25) is 0 Å². The number of hydrogen-bond acceptors (Lipinski definition) is 4. The molecule has 1 aliphatic rings. The summed E-state index contributed by atoms with van der Waals surface area (Å²) in [5.74, 6) is 0.751. The number of aliphatic hydroxyl groups is 1. The summed E-state index contributed by atoms with van der Waals surface area (Å²) in [5.41, 5.74) is 1.12. The Bertz CT molecular complexity index is 542. The Hall–Kier alpha value is -1.63. The molecule has 0 bridgehead atoms. The number of morpholine rings is 1. The van der Waals surface area contributed by atoms with Crippen LogP contribution in [0.2, 0.25) is 0 Å². The zero-order valence-corrected chi connectivity index (χ0v) is 16.4. The molecule has 1 fully saturated rings. The monoisotopic (exact) mass is 362 g/mol. The van der Waals surface area contributed by atoms with E-state index in [1.54, 1.807) is 0 Å². The van der Waals surface area contributed by atoms with E-state index in [2.05, 4.69) is 29.4 Å². The molecule has 26 heavy (non-hydrogen) atoms. The van der Waals surface area contributed by atoms with Gasteiger partial charge in [0.05, 0.1) is 25.9 Å². The first-order valence-electron chi connectivity index (χ1n) is 9.58. The van der Waals surface area contributed by atoms with E-state index >= 15 is 0 Å². The molecule has 0 saturated carbocycles. The highest BCUT2D eigenvalue weighted by molar-refractivity contribution is 5.79. The second-order valence-electron chi connectivity index (χ2n) is 7.33. The van der Waals surface area contributed by atoms with Gasteiger partial charge in [-0.1, -0.05) is 30.3 Å². The van der Waals surface area contributed by atoms with Crippen LogP contribution in [-0.4, -0.2) is 73.5 Å². The molecule has 0 amide bonds. The van der Waals surface area contributed by atoms with Crippen molar-refractivity contribution in [1.82, 2.24) is 15.5 Å². The molecule has 0 radical (unpaired) electrons. The standard InChI is InChI=1S/C20H34N4O2/c1-4-21-19(22-15-18(25)14-17-8-6-5-7-9-17)23-16-20(2,3)24-10-12-26-13-11-24/h5-9,18,25H,4,10-16H2,1-3H3,(H2,21,22,23). The summed E-state index contributed by atoms with van der Waals surface area (Å²) in [5, 5.41) is 16.8. The van der Waals surface area contributed by atoms with Crippen molar-refractivity contribution in [3.05, 3.63) is 35.9 Å². The van der Waals surface area contributed by atoms with Crippen molar-refractivity contribution >= 4 is 5.96 Å². The van der Waals surface area contributed by atoms with E-state index in [1.165, 1.54) is 0 Å². The fourth-order valence-corrected chi connectivity index (χ4v) is 3.06. The van der Waals surface area contributed by atoms with Crippen molar-refractivity contribution in [2.45, 2.75) is 38.8 Å². The van der Waals surface area contributed by atoms with E-state index < -0.39 is 6.10 Å². The maximum absolute atomic E-state index is 10.3. The van der Waals surface area contributed by atoms with Gasteiger partial charge in [0.15, 0.2) is 5.96 Å². The maximum Gasteiger partial charge on any atom is 0.191 e. The molecule has 1 aromatic rings. The molecule has 6 nitrogen and oxygen atoms in total. The molecule has 3 N–H and O–H groups in total. The van der Waals surface area contributed by atoms with Gasteiger partial charge in [0.25, 0.3) is 0 Å². The molecule has 0 aliphatic carbocycles. The summed E-state index contributed by atoms with van der Waals surface area (Å²) < 4.78 is 5.44. The van der Waals surface area contributed by atoms with E-state index in [1.807, 2.05) is 37.3 Å². The number of ether oxygens (including phenoxy) is 1. The molecule has 1 unspecified atom stereocenters. The SMILES string of the molecule is CCNC(=NCC(C)(C)N1CCOCC1)NCC(O)Cc1ccccc1. The van der Waals surface area contributed by atoms with Gasteiger partial charge >= 0.3 is 0 Å². The van der Waals surface area contributed by atoms with Gasteiger partial charge in [-0.25, -0.2) is 0 Å². The average molecular weight is 363 g/mol. The van der Waals surface area contributed by atoms with Crippen molar-refractivity contribution in [3.63, 3.8) is 0 Å². The third kappa shape index (κ3) is 6.94. The Labute approximate surface area is 157 Å². The first-order chi connectivity index (χ1) is 12.5. The van der Waals surface area contributed by atoms with Crippen LogP contribution >= 0.6 is 0 Å². The van der Waals surface area contributed by atoms with E-state index in [9.17, 15) is 5.11 Å². The van der Waals surface area contributed by atoms with Crippen molar-refractivity contribution < 1.29 is 9.84 Å². The van der Waals surface area contributed by atoms with Crippen molar-refractivity contribution in [2.75, 3.05) is 45.9 Å². The second kappa shape index (κ2) is 10.5. The smallest absolute Gasteiger partial charge is 0.191 e. The molecule has 1 aromatic carbocycles. The van der Waals surface area contributed by atoms with E-state index in [0.717, 1.165) is 44.4 Å². The molecule has 0 aromatic heterocycles. The lowest BCUT2D eigenvalue weighted by Gasteiger charge is -2.39. The number of rotatable bonds is 8. The van der Waals surface area contributed by atoms with E-state index in [4.69, 9.17) is 9.73 Å². The third-order valence-corrected chi connectivity index (χ3v) is 4.65. The molecule has 1 atom stereocenters. The van der Waals surface area contributed by atoms with Gasteiger partial charge in [-0.2, -0.15) is 0 Å². The molecule has 146 valence electrons. The zero-order chi connectivity index (χ0) is 18.8. The summed E-state index contributed by atoms with van der Waals surface area (Å²) in [6.07, 6.45) is 0.181. The van der Waals surface area contributed by atoms with Gasteiger partial charge in [0, 0.05) is 38.1 Å². The van der Waals surface area contributed by atoms with Crippen LogP contribution in [-0.2, 0) is 11.2 Å². The third-order valence-electron chi connectivity index (χ3n) is 4.65. The Kier molecular flexibility index (Phi) is 8.35. The molecule has 2 rings (SSSR count). The Morgan fingerprint density at radius 1 is 1.23 bits per heavy atom. The van der Waals surface area contributed by atoms with Gasteiger partial charge in [-0.05, 0) is 26.3 Å². The summed E-state index contributed by atoms with van der Waals surface area (Å²) in [4.78, 5) is 7.16. The molecule has 1 heterocycles. The van der Waals surface area contributed by atoms with Crippen LogP contribution in [0.25, 0.3) is 0 Å². The molecule has 1 saturated heterocycles. The Balaban J connectivity index is 1.85. The van der Waals surface area contributed by atoms with Gasteiger partial charge < -0.3 is 20.5 Å². The van der Waals surface area contributed by atoms with E-state index in [0.29, 0.717) is 19.5 Å². The maximum atomic E-state index is 10.3. The molecule has 0 spiro atoms. The first kappa shape index (κ1) is 20.7. The summed E-state index contributed by atoms with van der Waals surface area (Å²) in [6.45, 7) is 11.9. The first-order valence-corrected chi connectivity index (χ1v) is 9.58. The highest BCUT2D eigenvalue weighted by Crippen LogP contribution is 2.16. The van der Waals surface area contributed by atoms with Crippen LogP contribution in [0, 0.1) is 0 Å². The Morgan fingerprint density at radius 2 is 1.92 bits per heavy atom. The number of nitrogens with zero attached hydrogens (tertiary/aromatic N) is 2. The number of benzene rings is 1.